The Balaban J connectivity index is 2.48. The van der Waals surface area contributed by atoms with Crippen LogP contribution in [0, 0.1) is 21.4 Å². The van der Waals surface area contributed by atoms with Crippen LogP contribution in [0.1, 0.15) is 18.1 Å². The van der Waals surface area contributed by atoms with Crippen molar-refractivity contribution in [3.05, 3.63) is 57.6 Å². The van der Waals surface area contributed by atoms with Crippen molar-refractivity contribution >= 4 is 17.3 Å². The summed E-state index contributed by atoms with van der Waals surface area (Å²) in [5.41, 5.74) is 1.57. The fourth-order valence-electron chi connectivity index (χ4n) is 2.38. The van der Waals surface area contributed by atoms with E-state index < -0.39 is 4.92 Å². The molecule has 0 fully saturated rings. The lowest BCUT2D eigenvalue weighted by molar-refractivity contribution is -0.384. The van der Waals surface area contributed by atoms with Crippen LogP contribution >= 0.6 is 0 Å². The van der Waals surface area contributed by atoms with Gasteiger partial charge in [-0.15, -0.1) is 0 Å². The summed E-state index contributed by atoms with van der Waals surface area (Å²) in [5.74, 6) is 1.46. The number of nitro benzene ring substituents is 1. The fourth-order valence-corrected chi connectivity index (χ4v) is 2.38. The van der Waals surface area contributed by atoms with Crippen molar-refractivity contribution in [2.45, 2.75) is 6.92 Å². The van der Waals surface area contributed by atoms with E-state index in [0.717, 1.165) is 0 Å². The van der Waals surface area contributed by atoms with E-state index in [4.69, 9.17) is 14.2 Å². The van der Waals surface area contributed by atoms with Crippen LogP contribution in [0.25, 0.3) is 11.6 Å². The first-order valence-electron chi connectivity index (χ1n) is 7.79. The van der Waals surface area contributed by atoms with Gasteiger partial charge in [-0.3, -0.25) is 10.1 Å². The number of nitrogens with zero attached hydrogens (tertiary/aromatic N) is 2. The minimum absolute atomic E-state index is 0.0320. The van der Waals surface area contributed by atoms with E-state index in [-0.39, 0.29) is 5.69 Å². The molecule has 0 saturated carbocycles. The first kappa shape index (κ1) is 18.8. The molecule has 0 radical (unpaired) electrons. The van der Waals surface area contributed by atoms with Gasteiger partial charge < -0.3 is 14.2 Å². The number of hydrogen-bond acceptors (Lipinski definition) is 6. The number of non-ortho nitro benzene ring substituents is 1. The molecule has 2 aromatic carbocycles. The maximum absolute atomic E-state index is 10.8. The van der Waals surface area contributed by atoms with Crippen molar-refractivity contribution in [2.24, 2.45) is 0 Å². The van der Waals surface area contributed by atoms with Gasteiger partial charge in [-0.1, -0.05) is 0 Å². The molecule has 0 aliphatic carbocycles. The van der Waals surface area contributed by atoms with E-state index in [0.29, 0.717) is 40.6 Å². The van der Waals surface area contributed by atoms with Crippen LogP contribution in [0.3, 0.4) is 0 Å². The summed E-state index contributed by atoms with van der Waals surface area (Å²) in [4.78, 5) is 10.3. The summed E-state index contributed by atoms with van der Waals surface area (Å²) >= 11 is 0. The zero-order valence-electron chi connectivity index (χ0n) is 14.7. The molecule has 2 rings (SSSR count). The molecule has 0 atom stereocenters. The average Bonchev–Trinajstić information content (AvgIpc) is 2.66. The van der Waals surface area contributed by atoms with E-state index in [1.807, 2.05) is 6.92 Å². The number of nitro groups is 1. The Hall–Kier alpha value is -3.53. The lowest BCUT2D eigenvalue weighted by Gasteiger charge is -2.14. The highest BCUT2D eigenvalue weighted by Crippen LogP contribution is 2.39. The minimum atomic E-state index is -0.484. The molecule has 134 valence electrons. The smallest absolute Gasteiger partial charge is 0.269 e. The minimum Gasteiger partial charge on any atom is -0.493 e. The highest BCUT2D eigenvalue weighted by Gasteiger charge is 2.14. The molecule has 0 bridgehead atoms. The molecule has 0 amide bonds. The zero-order valence-corrected chi connectivity index (χ0v) is 14.7. The van der Waals surface area contributed by atoms with Gasteiger partial charge in [-0.05, 0) is 48.4 Å². The van der Waals surface area contributed by atoms with Gasteiger partial charge in [0.1, 0.15) is 0 Å². The highest BCUT2D eigenvalue weighted by molar-refractivity contribution is 5.90. The zero-order chi connectivity index (χ0) is 19.1. The average molecular weight is 354 g/mol. The van der Waals surface area contributed by atoms with Crippen molar-refractivity contribution < 1.29 is 19.1 Å². The van der Waals surface area contributed by atoms with Gasteiger partial charge in [0.2, 0.25) is 5.75 Å². The van der Waals surface area contributed by atoms with Gasteiger partial charge in [0.05, 0.1) is 37.4 Å². The van der Waals surface area contributed by atoms with Crippen molar-refractivity contribution in [1.29, 1.82) is 5.26 Å². The lowest BCUT2D eigenvalue weighted by Crippen LogP contribution is -1.99. The summed E-state index contributed by atoms with van der Waals surface area (Å²) in [6.07, 6.45) is 1.65. The van der Waals surface area contributed by atoms with Crippen LogP contribution in [0.15, 0.2) is 36.4 Å². The number of rotatable bonds is 7. The summed E-state index contributed by atoms with van der Waals surface area (Å²) in [6.45, 7) is 2.31. The van der Waals surface area contributed by atoms with E-state index in [9.17, 15) is 15.4 Å². The molecular formula is C19H18N2O5. The molecule has 0 unspecified atom stereocenters. The molecule has 0 aliphatic heterocycles. The number of methoxy groups -OCH3 is 2. The highest BCUT2D eigenvalue weighted by atomic mass is 16.6. The van der Waals surface area contributed by atoms with Gasteiger partial charge in [-0.2, -0.15) is 5.26 Å². The standard InChI is InChI=1S/C19H18N2O5/c1-4-26-19-17(24-2)10-13(11-18(19)25-3)9-15(12-20)14-5-7-16(8-6-14)21(22)23/h5-11H,4H2,1-3H3/b15-9-. The lowest BCUT2D eigenvalue weighted by atomic mass is 10.0. The van der Waals surface area contributed by atoms with Crippen LogP contribution < -0.4 is 14.2 Å². The third kappa shape index (κ3) is 4.11. The topological polar surface area (TPSA) is 94.6 Å². The van der Waals surface area contributed by atoms with Crippen molar-refractivity contribution in [1.82, 2.24) is 0 Å². The van der Waals surface area contributed by atoms with Gasteiger partial charge in [0, 0.05) is 12.1 Å². The van der Waals surface area contributed by atoms with E-state index >= 15 is 0 Å². The summed E-state index contributed by atoms with van der Waals surface area (Å²) in [7, 11) is 3.04. The van der Waals surface area contributed by atoms with Crippen LogP contribution in [0.2, 0.25) is 0 Å². The molecule has 0 N–H and O–H groups in total. The van der Waals surface area contributed by atoms with Crippen molar-refractivity contribution in [3.8, 4) is 23.3 Å². The van der Waals surface area contributed by atoms with E-state index in [1.165, 1.54) is 38.5 Å². The number of nitriles is 1. The molecule has 26 heavy (non-hydrogen) atoms. The maximum atomic E-state index is 10.8. The van der Waals surface area contributed by atoms with Gasteiger partial charge >= 0.3 is 0 Å². The predicted octanol–water partition coefficient (Wildman–Crippen LogP) is 4.07. The van der Waals surface area contributed by atoms with Crippen molar-refractivity contribution in [2.75, 3.05) is 20.8 Å². The second-order valence-electron chi connectivity index (χ2n) is 5.16. The van der Waals surface area contributed by atoms with Crippen LogP contribution in [0.5, 0.6) is 17.2 Å². The largest absolute Gasteiger partial charge is 0.493 e. The van der Waals surface area contributed by atoms with Gasteiger partial charge in [0.15, 0.2) is 11.5 Å². The molecule has 2 aromatic rings. The number of ether oxygens (including phenoxy) is 3. The van der Waals surface area contributed by atoms with Crippen LogP contribution in [-0.2, 0) is 0 Å². The van der Waals surface area contributed by atoms with Gasteiger partial charge in [-0.25, -0.2) is 0 Å². The molecule has 7 nitrogen and oxygen atoms in total. The Kier molecular flexibility index (Phi) is 6.17. The summed E-state index contributed by atoms with van der Waals surface area (Å²) in [5, 5.41) is 20.2. The quantitative estimate of drug-likeness (QED) is 0.322. The molecule has 0 spiro atoms. The Morgan fingerprint density at radius 1 is 1.19 bits per heavy atom. The Morgan fingerprint density at radius 2 is 1.77 bits per heavy atom. The SMILES string of the molecule is CCOc1c(OC)cc(/C=C(/C#N)c2ccc([N+](=O)[O-])cc2)cc1OC. The molecule has 0 aromatic heterocycles. The predicted molar refractivity (Wildman–Crippen MR) is 97.3 cm³/mol. The Bertz CT molecular complexity index is 841. The maximum Gasteiger partial charge on any atom is 0.269 e. The van der Waals surface area contributed by atoms with Crippen LogP contribution in [-0.4, -0.2) is 25.7 Å². The summed E-state index contributed by atoms with van der Waals surface area (Å²) < 4.78 is 16.3. The Labute approximate surface area is 151 Å². The number of allylic oxidation sites excluding steroid dienone is 1. The number of benzene rings is 2. The first-order chi connectivity index (χ1) is 12.5. The monoisotopic (exact) mass is 354 g/mol. The third-order valence-electron chi connectivity index (χ3n) is 3.59. The molecule has 0 heterocycles. The van der Waals surface area contributed by atoms with E-state index in [1.54, 1.807) is 18.2 Å². The number of hydrogen-bond donors (Lipinski definition) is 0. The molecule has 0 aliphatic rings. The Morgan fingerprint density at radius 3 is 2.19 bits per heavy atom. The van der Waals surface area contributed by atoms with Crippen LogP contribution in [0.4, 0.5) is 5.69 Å². The second kappa shape index (κ2) is 8.53. The molecular weight excluding hydrogens is 336 g/mol. The fraction of sp³-hybridized carbons (Fsp3) is 0.211. The molecule has 7 heteroatoms. The van der Waals surface area contributed by atoms with Gasteiger partial charge in [0.25, 0.3) is 5.69 Å². The van der Waals surface area contributed by atoms with Crippen molar-refractivity contribution in [3.63, 3.8) is 0 Å². The third-order valence-corrected chi connectivity index (χ3v) is 3.59. The first-order valence-corrected chi connectivity index (χ1v) is 7.79. The van der Waals surface area contributed by atoms with E-state index in [2.05, 4.69) is 6.07 Å². The molecule has 0 saturated heterocycles. The second-order valence-corrected chi connectivity index (χ2v) is 5.16. The normalized spacial score (nSPS) is 10.8. The summed E-state index contributed by atoms with van der Waals surface area (Å²) in [6, 6.07) is 11.4.